The van der Waals surface area contributed by atoms with E-state index in [2.05, 4.69) is 36.1 Å². The number of halogens is 1. The predicted octanol–water partition coefficient (Wildman–Crippen LogP) is 3.56. The first-order valence-electron chi connectivity index (χ1n) is 8.68. The van der Waals surface area contributed by atoms with Crippen LogP contribution in [-0.4, -0.2) is 50.3 Å². The van der Waals surface area contributed by atoms with Crippen LogP contribution < -0.4 is 20.5 Å². The highest BCUT2D eigenvalue weighted by atomic mass is 127. The quantitative estimate of drug-likeness (QED) is 0.315. The zero-order chi connectivity index (χ0) is 17.9. The second kappa shape index (κ2) is 13.0. The summed E-state index contributed by atoms with van der Waals surface area (Å²) in [6.45, 7) is 11.0. The summed E-state index contributed by atoms with van der Waals surface area (Å²) in [6.07, 6.45) is 1.12. The molecule has 0 aliphatic rings. The van der Waals surface area contributed by atoms with E-state index in [1.807, 2.05) is 32.0 Å². The number of likely N-dealkylation sites (N-methyl/N-ethyl adjacent to an activating group) is 1. The first-order valence-corrected chi connectivity index (χ1v) is 8.68. The molecule has 0 saturated carbocycles. The van der Waals surface area contributed by atoms with Gasteiger partial charge in [-0.2, -0.15) is 0 Å². The summed E-state index contributed by atoms with van der Waals surface area (Å²) < 4.78 is 11.2. The molecule has 3 N–H and O–H groups in total. The number of aliphatic imine (C=N–C) groups is 1. The van der Waals surface area contributed by atoms with Gasteiger partial charge in [0, 0.05) is 18.7 Å². The molecule has 25 heavy (non-hydrogen) atoms. The predicted molar refractivity (Wildman–Crippen MR) is 117 cm³/mol. The molecule has 0 aliphatic heterocycles. The lowest BCUT2D eigenvalue weighted by molar-refractivity contribution is 0.259. The number of hydrogen-bond acceptors (Lipinski definition) is 4. The van der Waals surface area contributed by atoms with Crippen molar-refractivity contribution in [2.45, 2.75) is 40.2 Å². The molecular formula is C18H33IN4O2. The number of ether oxygens (including phenoxy) is 2. The third kappa shape index (κ3) is 8.62. The number of nitrogens with zero attached hydrogens (tertiary/aromatic N) is 2. The molecule has 1 rings (SSSR count). The highest BCUT2D eigenvalue weighted by Crippen LogP contribution is 2.29. The Balaban J connectivity index is 0.00000576. The Kier molecular flexibility index (Phi) is 12.4. The summed E-state index contributed by atoms with van der Waals surface area (Å²) in [5.41, 5.74) is 6.78. The standard InChI is InChI=1S/C18H32N4O2.HI/c1-6-14(4)22(5)12-11-20-18(19)21-16-13-15(23-7-2)9-10-17(16)24-8-3;/h9-10,13-14H,6-8,11-12H2,1-5H3,(H3,19,20,21);1H. The average Bonchev–Trinajstić information content (AvgIpc) is 2.56. The maximum absolute atomic E-state index is 6.01. The maximum Gasteiger partial charge on any atom is 0.193 e. The van der Waals surface area contributed by atoms with Crippen LogP contribution in [0.2, 0.25) is 0 Å². The molecule has 144 valence electrons. The van der Waals surface area contributed by atoms with Crippen LogP contribution in [0.15, 0.2) is 23.2 Å². The summed E-state index contributed by atoms with van der Waals surface area (Å²) in [5.74, 6) is 1.88. The smallest absolute Gasteiger partial charge is 0.193 e. The van der Waals surface area contributed by atoms with E-state index in [-0.39, 0.29) is 24.0 Å². The molecule has 0 radical (unpaired) electrons. The fourth-order valence-corrected chi connectivity index (χ4v) is 2.18. The van der Waals surface area contributed by atoms with Crippen LogP contribution in [0.25, 0.3) is 0 Å². The molecule has 0 saturated heterocycles. The highest BCUT2D eigenvalue weighted by Gasteiger charge is 2.08. The summed E-state index contributed by atoms with van der Waals surface area (Å²) in [5, 5.41) is 3.12. The van der Waals surface area contributed by atoms with Gasteiger partial charge in [-0.1, -0.05) is 6.92 Å². The van der Waals surface area contributed by atoms with Crippen LogP contribution in [0.4, 0.5) is 5.69 Å². The van der Waals surface area contributed by atoms with Crippen molar-refractivity contribution in [2.75, 3.05) is 38.7 Å². The largest absolute Gasteiger partial charge is 0.494 e. The van der Waals surface area contributed by atoms with Gasteiger partial charge in [0.2, 0.25) is 0 Å². The maximum atomic E-state index is 6.01. The van der Waals surface area contributed by atoms with E-state index in [1.54, 1.807) is 0 Å². The Morgan fingerprint density at radius 2 is 1.92 bits per heavy atom. The van der Waals surface area contributed by atoms with Crippen molar-refractivity contribution in [1.82, 2.24) is 4.90 Å². The van der Waals surface area contributed by atoms with Gasteiger partial charge < -0.3 is 25.4 Å². The lowest BCUT2D eigenvalue weighted by Crippen LogP contribution is -2.31. The summed E-state index contributed by atoms with van der Waals surface area (Å²) in [6, 6.07) is 6.18. The Hall–Kier alpha value is -1.22. The number of nitrogens with two attached hydrogens (primary N) is 1. The van der Waals surface area contributed by atoms with Crippen LogP contribution in [0.1, 0.15) is 34.1 Å². The van der Waals surface area contributed by atoms with E-state index < -0.39 is 0 Å². The molecule has 0 spiro atoms. The van der Waals surface area contributed by atoms with E-state index in [9.17, 15) is 0 Å². The van der Waals surface area contributed by atoms with E-state index in [1.165, 1.54) is 0 Å². The number of rotatable bonds is 10. The lowest BCUT2D eigenvalue weighted by atomic mass is 10.2. The van der Waals surface area contributed by atoms with Crippen molar-refractivity contribution < 1.29 is 9.47 Å². The van der Waals surface area contributed by atoms with Crippen LogP contribution in [0.5, 0.6) is 11.5 Å². The third-order valence-electron chi connectivity index (χ3n) is 3.90. The minimum absolute atomic E-state index is 0. The Labute approximate surface area is 169 Å². The first kappa shape index (κ1) is 23.8. The molecule has 7 heteroatoms. The molecule has 0 heterocycles. The Bertz CT molecular complexity index is 526. The topological polar surface area (TPSA) is 72.1 Å². The van der Waals surface area contributed by atoms with E-state index in [0.717, 1.165) is 30.2 Å². The lowest BCUT2D eigenvalue weighted by Gasteiger charge is -2.22. The van der Waals surface area contributed by atoms with E-state index in [0.29, 0.717) is 31.8 Å². The minimum atomic E-state index is 0. The van der Waals surface area contributed by atoms with Gasteiger partial charge in [-0.25, -0.2) is 0 Å². The molecule has 1 aromatic rings. The second-order valence-corrected chi connectivity index (χ2v) is 5.65. The molecule has 0 amide bonds. The zero-order valence-electron chi connectivity index (χ0n) is 16.0. The number of anilines is 1. The Morgan fingerprint density at radius 3 is 2.52 bits per heavy atom. The van der Waals surface area contributed by atoms with Gasteiger partial charge in [-0.3, -0.25) is 4.99 Å². The zero-order valence-corrected chi connectivity index (χ0v) is 18.4. The fourth-order valence-electron chi connectivity index (χ4n) is 2.18. The van der Waals surface area contributed by atoms with E-state index >= 15 is 0 Å². The number of hydrogen-bond donors (Lipinski definition) is 2. The van der Waals surface area contributed by atoms with Gasteiger partial charge in [-0.15, -0.1) is 24.0 Å². The van der Waals surface area contributed by atoms with Crippen LogP contribution in [0.3, 0.4) is 0 Å². The van der Waals surface area contributed by atoms with Crippen molar-refractivity contribution in [3.63, 3.8) is 0 Å². The number of nitrogens with one attached hydrogen (secondary N) is 1. The summed E-state index contributed by atoms with van der Waals surface area (Å²) in [4.78, 5) is 6.67. The second-order valence-electron chi connectivity index (χ2n) is 5.65. The SMILES string of the molecule is CCOc1ccc(OCC)c(NC(N)=NCCN(C)C(C)CC)c1.I. The fraction of sp³-hybridized carbons (Fsp3) is 0.611. The van der Waals surface area contributed by atoms with Crippen molar-refractivity contribution in [2.24, 2.45) is 10.7 Å². The van der Waals surface area contributed by atoms with Gasteiger partial charge in [0.25, 0.3) is 0 Å². The molecule has 0 aromatic heterocycles. The van der Waals surface area contributed by atoms with Gasteiger partial charge in [0.05, 0.1) is 25.4 Å². The molecule has 6 nitrogen and oxygen atoms in total. The van der Waals surface area contributed by atoms with Gasteiger partial charge in [0.15, 0.2) is 5.96 Å². The molecule has 0 fully saturated rings. The number of guanidine groups is 1. The molecule has 1 unspecified atom stereocenters. The monoisotopic (exact) mass is 464 g/mol. The van der Waals surface area contributed by atoms with Crippen LogP contribution in [0, 0.1) is 0 Å². The third-order valence-corrected chi connectivity index (χ3v) is 3.90. The van der Waals surface area contributed by atoms with Crippen LogP contribution >= 0.6 is 24.0 Å². The first-order chi connectivity index (χ1) is 11.5. The number of benzene rings is 1. The molecule has 0 bridgehead atoms. The van der Waals surface area contributed by atoms with Gasteiger partial charge in [-0.05, 0) is 46.4 Å². The molecule has 0 aliphatic carbocycles. The molecule has 1 atom stereocenters. The van der Waals surface area contributed by atoms with Gasteiger partial charge >= 0.3 is 0 Å². The normalized spacial score (nSPS) is 12.5. The van der Waals surface area contributed by atoms with E-state index in [4.69, 9.17) is 15.2 Å². The average molecular weight is 464 g/mol. The molecule has 1 aromatic carbocycles. The summed E-state index contributed by atoms with van der Waals surface area (Å²) >= 11 is 0. The minimum Gasteiger partial charge on any atom is -0.494 e. The summed E-state index contributed by atoms with van der Waals surface area (Å²) in [7, 11) is 2.10. The Morgan fingerprint density at radius 1 is 1.24 bits per heavy atom. The van der Waals surface area contributed by atoms with Crippen molar-refractivity contribution in [3.8, 4) is 11.5 Å². The van der Waals surface area contributed by atoms with Crippen LogP contribution in [-0.2, 0) is 0 Å². The van der Waals surface area contributed by atoms with Crippen molar-refractivity contribution >= 4 is 35.6 Å². The molecular weight excluding hydrogens is 431 g/mol. The van der Waals surface area contributed by atoms with Crippen molar-refractivity contribution in [3.05, 3.63) is 18.2 Å². The highest BCUT2D eigenvalue weighted by molar-refractivity contribution is 14.0. The van der Waals surface area contributed by atoms with Gasteiger partial charge in [0.1, 0.15) is 11.5 Å². The van der Waals surface area contributed by atoms with Crippen molar-refractivity contribution in [1.29, 1.82) is 0 Å².